The molecule has 0 radical (unpaired) electrons. The lowest BCUT2D eigenvalue weighted by molar-refractivity contribution is 0.111. The van der Waals surface area contributed by atoms with Crippen LogP contribution in [-0.4, -0.2) is 13.1 Å². The van der Waals surface area contributed by atoms with Crippen LogP contribution in [0.25, 0.3) is 0 Å². The first-order valence-corrected chi connectivity index (χ1v) is 7.95. The Bertz CT molecular complexity index is 418. The average molecular weight is 257 g/mol. The van der Waals surface area contributed by atoms with Gasteiger partial charge >= 0.3 is 0 Å². The fraction of sp³-hybridized carbons (Fsp3) is 0.667. The number of aryl methyl sites for hydroxylation is 1. The third-order valence-corrected chi connectivity index (χ3v) is 5.52. The highest BCUT2D eigenvalue weighted by Gasteiger charge is 2.39. The van der Waals surface area contributed by atoms with Gasteiger partial charge in [-0.2, -0.15) is 0 Å². The second-order valence-electron chi connectivity index (χ2n) is 7.07. The Morgan fingerprint density at radius 1 is 1.21 bits per heavy atom. The molecule has 0 spiro atoms. The van der Waals surface area contributed by atoms with E-state index in [1.807, 2.05) is 0 Å². The minimum Gasteiger partial charge on any atom is -0.316 e. The number of rotatable bonds is 3. The Balaban J connectivity index is 1.81. The molecule has 19 heavy (non-hydrogen) atoms. The molecule has 3 rings (SSSR count). The molecule has 0 aromatic heterocycles. The van der Waals surface area contributed by atoms with Crippen LogP contribution in [0.2, 0.25) is 0 Å². The molecule has 1 saturated heterocycles. The van der Waals surface area contributed by atoms with E-state index in [1.54, 1.807) is 5.56 Å². The van der Waals surface area contributed by atoms with Gasteiger partial charge in [0.1, 0.15) is 0 Å². The Kier molecular flexibility index (Phi) is 3.66. The third kappa shape index (κ3) is 2.72. The van der Waals surface area contributed by atoms with Gasteiger partial charge in [0.05, 0.1) is 0 Å². The number of nitrogens with one attached hydrogen (secondary N) is 1. The van der Waals surface area contributed by atoms with Crippen LogP contribution in [-0.2, 0) is 0 Å². The van der Waals surface area contributed by atoms with E-state index in [0.29, 0.717) is 11.3 Å². The molecule has 0 bridgehead atoms. The Hall–Kier alpha value is -0.820. The summed E-state index contributed by atoms with van der Waals surface area (Å²) >= 11 is 0. The lowest BCUT2D eigenvalue weighted by atomic mass is 9.62. The number of benzene rings is 1. The second kappa shape index (κ2) is 5.28. The predicted molar refractivity (Wildman–Crippen MR) is 81.5 cm³/mol. The lowest BCUT2D eigenvalue weighted by Crippen LogP contribution is -2.43. The van der Waals surface area contributed by atoms with E-state index in [4.69, 9.17) is 0 Å². The Labute approximate surface area is 117 Å². The maximum Gasteiger partial charge on any atom is 0.00254 e. The molecule has 1 heterocycles. The first-order valence-electron chi connectivity index (χ1n) is 7.95. The summed E-state index contributed by atoms with van der Waals surface area (Å²) in [5.74, 6) is 1.71. The van der Waals surface area contributed by atoms with Crippen molar-refractivity contribution in [1.29, 1.82) is 0 Å². The zero-order valence-corrected chi connectivity index (χ0v) is 12.4. The Morgan fingerprint density at radius 2 is 1.95 bits per heavy atom. The second-order valence-corrected chi connectivity index (χ2v) is 7.07. The summed E-state index contributed by atoms with van der Waals surface area (Å²) in [6.07, 6.45) is 7.19. The fourth-order valence-corrected chi connectivity index (χ4v) is 3.96. The topological polar surface area (TPSA) is 12.0 Å². The summed E-state index contributed by atoms with van der Waals surface area (Å²) in [6, 6.07) is 9.25. The molecule has 1 aromatic carbocycles. The van der Waals surface area contributed by atoms with E-state index in [2.05, 4.69) is 43.4 Å². The zero-order chi connectivity index (χ0) is 13.3. The molecule has 2 aliphatic rings. The first-order chi connectivity index (χ1) is 9.17. The van der Waals surface area contributed by atoms with Crippen molar-refractivity contribution in [2.24, 2.45) is 11.3 Å². The van der Waals surface area contributed by atoms with Crippen molar-refractivity contribution in [3.63, 3.8) is 0 Å². The first kappa shape index (κ1) is 13.2. The minimum absolute atomic E-state index is 0.506. The average Bonchev–Trinajstić information content (AvgIpc) is 2.36. The van der Waals surface area contributed by atoms with Crippen LogP contribution in [0.15, 0.2) is 24.3 Å². The molecule has 2 unspecified atom stereocenters. The number of hydrogen-bond acceptors (Lipinski definition) is 1. The van der Waals surface area contributed by atoms with Crippen molar-refractivity contribution in [3.05, 3.63) is 35.4 Å². The molecular formula is C18H27N. The van der Waals surface area contributed by atoms with Crippen LogP contribution in [0.5, 0.6) is 0 Å². The van der Waals surface area contributed by atoms with E-state index in [1.165, 1.54) is 44.2 Å². The smallest absolute Gasteiger partial charge is 0.00254 e. The molecule has 1 aromatic rings. The van der Waals surface area contributed by atoms with Crippen LogP contribution in [0.3, 0.4) is 0 Å². The van der Waals surface area contributed by atoms with Gasteiger partial charge in [-0.05, 0) is 43.2 Å². The van der Waals surface area contributed by atoms with Gasteiger partial charge in [-0.3, -0.25) is 0 Å². The Morgan fingerprint density at radius 3 is 2.58 bits per heavy atom. The highest BCUT2D eigenvalue weighted by Crippen LogP contribution is 2.48. The molecule has 1 aliphatic carbocycles. The molecule has 1 N–H and O–H groups in total. The van der Waals surface area contributed by atoms with E-state index < -0.39 is 0 Å². The summed E-state index contributed by atoms with van der Waals surface area (Å²) in [4.78, 5) is 0. The quantitative estimate of drug-likeness (QED) is 0.852. The molecule has 1 heteroatoms. The fourth-order valence-electron chi connectivity index (χ4n) is 3.96. The third-order valence-electron chi connectivity index (χ3n) is 5.52. The SMILES string of the molecule is Cc1ccc(C2CNCCC2(C)CC2CCC2)cc1. The van der Waals surface area contributed by atoms with Crippen molar-refractivity contribution in [1.82, 2.24) is 5.32 Å². The molecule has 2 fully saturated rings. The van der Waals surface area contributed by atoms with Gasteiger partial charge in [0.15, 0.2) is 0 Å². The van der Waals surface area contributed by atoms with Crippen LogP contribution < -0.4 is 5.32 Å². The lowest BCUT2D eigenvalue weighted by Gasteiger charge is -2.46. The normalized spacial score (nSPS) is 32.0. The summed E-state index contributed by atoms with van der Waals surface area (Å²) in [7, 11) is 0. The highest BCUT2D eigenvalue weighted by molar-refractivity contribution is 5.27. The maximum atomic E-state index is 3.61. The van der Waals surface area contributed by atoms with Crippen molar-refractivity contribution >= 4 is 0 Å². The molecule has 0 amide bonds. The van der Waals surface area contributed by atoms with E-state index in [9.17, 15) is 0 Å². The van der Waals surface area contributed by atoms with E-state index in [0.717, 1.165) is 12.5 Å². The number of piperidine rings is 1. The van der Waals surface area contributed by atoms with Gasteiger partial charge in [0.2, 0.25) is 0 Å². The molecular weight excluding hydrogens is 230 g/mol. The van der Waals surface area contributed by atoms with E-state index >= 15 is 0 Å². The molecule has 2 atom stereocenters. The van der Waals surface area contributed by atoms with Crippen LogP contribution in [0.4, 0.5) is 0 Å². The maximum absolute atomic E-state index is 3.61. The predicted octanol–water partition coefficient (Wildman–Crippen LogP) is 4.27. The number of hydrogen-bond donors (Lipinski definition) is 1. The van der Waals surface area contributed by atoms with Gasteiger partial charge in [0, 0.05) is 12.5 Å². The van der Waals surface area contributed by atoms with Crippen LogP contribution >= 0.6 is 0 Å². The van der Waals surface area contributed by atoms with E-state index in [-0.39, 0.29) is 0 Å². The summed E-state index contributed by atoms with van der Waals surface area (Å²) in [5.41, 5.74) is 3.42. The van der Waals surface area contributed by atoms with Gasteiger partial charge < -0.3 is 5.32 Å². The van der Waals surface area contributed by atoms with Gasteiger partial charge in [-0.1, -0.05) is 56.0 Å². The molecule has 1 aliphatic heterocycles. The van der Waals surface area contributed by atoms with Crippen molar-refractivity contribution in [2.45, 2.75) is 51.9 Å². The summed E-state index contributed by atoms with van der Waals surface area (Å²) < 4.78 is 0. The molecule has 1 nitrogen and oxygen atoms in total. The van der Waals surface area contributed by atoms with Crippen molar-refractivity contribution in [3.8, 4) is 0 Å². The largest absolute Gasteiger partial charge is 0.316 e. The van der Waals surface area contributed by atoms with Crippen LogP contribution in [0, 0.1) is 18.3 Å². The van der Waals surface area contributed by atoms with Gasteiger partial charge in [-0.15, -0.1) is 0 Å². The van der Waals surface area contributed by atoms with Gasteiger partial charge in [0.25, 0.3) is 0 Å². The highest BCUT2D eigenvalue weighted by atomic mass is 14.9. The zero-order valence-electron chi connectivity index (χ0n) is 12.4. The molecule has 1 saturated carbocycles. The van der Waals surface area contributed by atoms with Crippen molar-refractivity contribution in [2.75, 3.05) is 13.1 Å². The van der Waals surface area contributed by atoms with Crippen LogP contribution in [0.1, 0.15) is 56.1 Å². The minimum atomic E-state index is 0.506. The monoisotopic (exact) mass is 257 g/mol. The molecule has 104 valence electrons. The summed E-state index contributed by atoms with van der Waals surface area (Å²) in [5, 5.41) is 3.61. The van der Waals surface area contributed by atoms with Crippen molar-refractivity contribution < 1.29 is 0 Å². The summed E-state index contributed by atoms with van der Waals surface area (Å²) in [6.45, 7) is 7.07. The standard InChI is InChI=1S/C18H27N/c1-14-6-8-16(9-7-14)17-13-19-11-10-18(17,2)12-15-4-3-5-15/h6-9,15,17,19H,3-5,10-13H2,1-2H3. The van der Waals surface area contributed by atoms with Gasteiger partial charge in [-0.25, -0.2) is 0 Å².